The number of carbonyl (C=O) groups excluding carboxylic acids is 1. The van der Waals surface area contributed by atoms with Gasteiger partial charge in [0.15, 0.2) is 0 Å². The first-order valence-corrected chi connectivity index (χ1v) is 11.6. The molecule has 9 heteroatoms. The Morgan fingerprint density at radius 1 is 1.21 bits per heavy atom. The summed E-state index contributed by atoms with van der Waals surface area (Å²) in [5.41, 5.74) is 0. The van der Waals surface area contributed by atoms with Gasteiger partial charge in [-0.2, -0.15) is 5.10 Å². The number of aryl methyl sites for hydroxylation is 1. The standard InChI is InChI=1S/C19H35N5O3S/c1-19(2,3)28(26,27)23-16-9-7-15(8-10-16)18(25)21-12-5-6-13-24-14-11-17(20-4)22-24/h11,14-16,23H,5-10,12-13H2,1-4H3,(H,20,22)(H,21,25). The van der Waals surface area contributed by atoms with Gasteiger partial charge in [-0.3, -0.25) is 9.48 Å². The van der Waals surface area contributed by atoms with E-state index in [9.17, 15) is 13.2 Å². The number of anilines is 1. The summed E-state index contributed by atoms with van der Waals surface area (Å²) in [6.07, 6.45) is 6.66. The number of amides is 1. The van der Waals surface area contributed by atoms with E-state index in [4.69, 9.17) is 0 Å². The maximum atomic E-state index is 12.3. The van der Waals surface area contributed by atoms with Gasteiger partial charge in [-0.05, 0) is 59.3 Å². The Morgan fingerprint density at radius 3 is 2.46 bits per heavy atom. The molecule has 160 valence electrons. The van der Waals surface area contributed by atoms with Crippen molar-refractivity contribution >= 4 is 21.7 Å². The summed E-state index contributed by atoms with van der Waals surface area (Å²) in [7, 11) is -1.50. The second kappa shape index (κ2) is 9.73. The third kappa shape index (κ3) is 6.48. The summed E-state index contributed by atoms with van der Waals surface area (Å²) in [5, 5.41) is 10.4. The van der Waals surface area contributed by atoms with E-state index in [1.54, 1.807) is 20.8 Å². The molecule has 0 unspecified atom stereocenters. The lowest BCUT2D eigenvalue weighted by Crippen LogP contribution is -2.46. The Labute approximate surface area is 168 Å². The van der Waals surface area contributed by atoms with E-state index in [0.717, 1.165) is 38.0 Å². The zero-order chi connectivity index (χ0) is 20.8. The van der Waals surface area contributed by atoms with Crippen LogP contribution in [0.25, 0.3) is 0 Å². The first kappa shape index (κ1) is 22.7. The average Bonchev–Trinajstić information content (AvgIpc) is 3.08. The van der Waals surface area contributed by atoms with Crippen molar-refractivity contribution in [1.29, 1.82) is 0 Å². The van der Waals surface area contributed by atoms with Gasteiger partial charge in [0.2, 0.25) is 15.9 Å². The molecule has 1 aromatic heterocycles. The van der Waals surface area contributed by atoms with E-state index in [2.05, 4.69) is 20.5 Å². The highest BCUT2D eigenvalue weighted by atomic mass is 32.2. The molecule has 8 nitrogen and oxygen atoms in total. The van der Waals surface area contributed by atoms with Gasteiger partial charge in [0.25, 0.3) is 0 Å². The van der Waals surface area contributed by atoms with Crippen LogP contribution in [0.15, 0.2) is 12.3 Å². The molecule has 28 heavy (non-hydrogen) atoms. The lowest BCUT2D eigenvalue weighted by atomic mass is 9.86. The fourth-order valence-corrected chi connectivity index (χ4v) is 4.27. The van der Waals surface area contributed by atoms with Crippen molar-refractivity contribution < 1.29 is 13.2 Å². The SMILES string of the molecule is CNc1ccn(CCCCNC(=O)C2CCC(NS(=O)(=O)C(C)(C)C)CC2)n1. The van der Waals surface area contributed by atoms with E-state index in [0.29, 0.717) is 19.4 Å². The molecule has 1 saturated carbocycles. The maximum Gasteiger partial charge on any atom is 0.223 e. The van der Waals surface area contributed by atoms with E-state index in [1.807, 2.05) is 24.0 Å². The molecule has 0 bridgehead atoms. The highest BCUT2D eigenvalue weighted by Crippen LogP contribution is 2.26. The molecular weight excluding hydrogens is 378 g/mol. The van der Waals surface area contributed by atoms with Crippen molar-refractivity contribution in [2.75, 3.05) is 18.9 Å². The molecule has 0 aromatic carbocycles. The van der Waals surface area contributed by atoms with Crippen LogP contribution in [-0.4, -0.2) is 48.5 Å². The van der Waals surface area contributed by atoms with Crippen LogP contribution < -0.4 is 15.4 Å². The molecule has 2 rings (SSSR count). The van der Waals surface area contributed by atoms with Gasteiger partial charge >= 0.3 is 0 Å². The molecule has 1 heterocycles. The first-order valence-electron chi connectivity index (χ1n) is 10.1. The lowest BCUT2D eigenvalue weighted by Gasteiger charge is -2.30. The summed E-state index contributed by atoms with van der Waals surface area (Å²) in [4.78, 5) is 12.3. The maximum absolute atomic E-state index is 12.3. The van der Waals surface area contributed by atoms with E-state index in [-0.39, 0.29) is 17.9 Å². The Kier molecular flexibility index (Phi) is 7.88. The predicted molar refractivity (Wildman–Crippen MR) is 112 cm³/mol. The quantitative estimate of drug-likeness (QED) is 0.538. The fraction of sp³-hybridized carbons (Fsp3) is 0.789. The van der Waals surface area contributed by atoms with Crippen LogP contribution in [0.1, 0.15) is 59.3 Å². The van der Waals surface area contributed by atoms with Crippen LogP contribution in [-0.2, 0) is 21.4 Å². The van der Waals surface area contributed by atoms with Gasteiger partial charge in [-0.1, -0.05) is 0 Å². The summed E-state index contributed by atoms with van der Waals surface area (Å²) in [5.74, 6) is 0.932. The minimum Gasteiger partial charge on any atom is -0.372 e. The van der Waals surface area contributed by atoms with Gasteiger partial charge in [0.05, 0.1) is 4.75 Å². The Bertz CT molecular complexity index is 731. The molecule has 1 aromatic rings. The largest absolute Gasteiger partial charge is 0.372 e. The lowest BCUT2D eigenvalue weighted by molar-refractivity contribution is -0.126. The van der Waals surface area contributed by atoms with Crippen molar-refractivity contribution in [2.24, 2.45) is 5.92 Å². The Hall–Kier alpha value is -1.61. The number of carbonyl (C=O) groups is 1. The van der Waals surface area contributed by atoms with Crippen molar-refractivity contribution in [1.82, 2.24) is 19.8 Å². The van der Waals surface area contributed by atoms with Crippen LogP contribution in [0, 0.1) is 5.92 Å². The second-order valence-corrected chi connectivity index (χ2v) is 11.0. The van der Waals surface area contributed by atoms with Crippen molar-refractivity contribution in [3.8, 4) is 0 Å². The summed E-state index contributed by atoms with van der Waals surface area (Å²) in [6.45, 7) is 6.58. The molecule has 0 spiro atoms. The fourth-order valence-electron chi connectivity index (χ4n) is 3.24. The van der Waals surface area contributed by atoms with Crippen LogP contribution >= 0.6 is 0 Å². The van der Waals surface area contributed by atoms with Crippen LogP contribution in [0.4, 0.5) is 5.82 Å². The average molecular weight is 414 g/mol. The van der Waals surface area contributed by atoms with Crippen LogP contribution in [0.2, 0.25) is 0 Å². The summed E-state index contributed by atoms with van der Waals surface area (Å²) in [6, 6.07) is 1.87. The molecule has 0 atom stereocenters. The molecule has 0 radical (unpaired) electrons. The Balaban J connectivity index is 1.62. The highest BCUT2D eigenvalue weighted by molar-refractivity contribution is 7.90. The smallest absolute Gasteiger partial charge is 0.223 e. The summed E-state index contributed by atoms with van der Waals surface area (Å²) < 4.78 is 28.4. The van der Waals surface area contributed by atoms with Gasteiger partial charge < -0.3 is 10.6 Å². The van der Waals surface area contributed by atoms with Crippen molar-refractivity contribution in [3.05, 3.63) is 12.3 Å². The number of hydrogen-bond acceptors (Lipinski definition) is 5. The highest BCUT2D eigenvalue weighted by Gasteiger charge is 2.33. The topological polar surface area (TPSA) is 105 Å². The molecule has 0 aliphatic heterocycles. The number of rotatable bonds is 9. The zero-order valence-corrected chi connectivity index (χ0v) is 18.3. The number of hydrogen-bond donors (Lipinski definition) is 3. The molecule has 3 N–H and O–H groups in total. The third-order valence-electron chi connectivity index (χ3n) is 5.24. The van der Waals surface area contributed by atoms with Gasteiger partial charge in [0, 0.05) is 44.4 Å². The Morgan fingerprint density at radius 2 is 1.89 bits per heavy atom. The van der Waals surface area contributed by atoms with Crippen LogP contribution in [0.5, 0.6) is 0 Å². The minimum atomic E-state index is -3.34. The third-order valence-corrected chi connectivity index (χ3v) is 7.49. The summed E-state index contributed by atoms with van der Waals surface area (Å²) >= 11 is 0. The van der Waals surface area contributed by atoms with E-state index in [1.165, 1.54) is 0 Å². The minimum absolute atomic E-state index is 0.0142. The second-order valence-electron chi connectivity index (χ2n) is 8.49. The van der Waals surface area contributed by atoms with Gasteiger partial charge in [-0.25, -0.2) is 13.1 Å². The molecule has 1 aliphatic carbocycles. The normalized spacial score (nSPS) is 20.7. The number of sulfonamides is 1. The molecule has 1 fully saturated rings. The van der Waals surface area contributed by atoms with Gasteiger partial charge in [0.1, 0.15) is 5.82 Å². The predicted octanol–water partition coefficient (Wildman–Crippen LogP) is 2.10. The number of nitrogens with zero attached hydrogens (tertiary/aromatic N) is 2. The molecule has 0 saturated heterocycles. The van der Waals surface area contributed by atoms with Crippen molar-refractivity contribution in [3.63, 3.8) is 0 Å². The van der Waals surface area contributed by atoms with E-state index >= 15 is 0 Å². The number of nitrogens with one attached hydrogen (secondary N) is 3. The number of aromatic nitrogens is 2. The zero-order valence-electron chi connectivity index (χ0n) is 17.5. The monoisotopic (exact) mass is 413 g/mol. The van der Waals surface area contributed by atoms with Crippen molar-refractivity contribution in [2.45, 2.75) is 76.6 Å². The van der Waals surface area contributed by atoms with Crippen LogP contribution in [0.3, 0.4) is 0 Å². The molecule has 1 amide bonds. The first-order chi connectivity index (χ1) is 13.1. The molecule has 1 aliphatic rings. The van der Waals surface area contributed by atoms with E-state index < -0.39 is 14.8 Å². The van der Waals surface area contributed by atoms with Gasteiger partial charge in [-0.15, -0.1) is 0 Å². The molecular formula is C19H35N5O3S. The number of unbranched alkanes of at least 4 members (excludes halogenated alkanes) is 1.